The van der Waals surface area contributed by atoms with Crippen LogP contribution < -0.4 is 16.6 Å². The number of fused-ring (bicyclic) bond motifs is 1. The van der Waals surface area contributed by atoms with Crippen molar-refractivity contribution >= 4 is 36.0 Å². The summed E-state index contributed by atoms with van der Waals surface area (Å²) in [6, 6.07) is 6.26. The first-order valence-electron chi connectivity index (χ1n) is 9.86. The van der Waals surface area contributed by atoms with Crippen molar-refractivity contribution in [1.29, 1.82) is 0 Å². The molecular weight excluding hydrogens is 370 g/mol. The van der Waals surface area contributed by atoms with E-state index < -0.39 is 0 Å². The molecule has 148 valence electrons. The van der Waals surface area contributed by atoms with E-state index in [1.807, 2.05) is 11.4 Å². The van der Waals surface area contributed by atoms with Crippen molar-refractivity contribution in [2.24, 2.45) is 5.73 Å². The van der Waals surface area contributed by atoms with E-state index in [0.717, 1.165) is 53.8 Å². The Morgan fingerprint density at radius 2 is 2.14 bits per heavy atom. The molecule has 1 atom stereocenters. The Bertz CT molecular complexity index is 907. The van der Waals surface area contributed by atoms with E-state index in [2.05, 4.69) is 40.9 Å². The van der Waals surface area contributed by atoms with Gasteiger partial charge in [-0.1, -0.05) is 18.9 Å². The maximum absolute atomic E-state index is 12.2. The third-order valence-corrected chi connectivity index (χ3v) is 6.01. The molecule has 0 aliphatic carbocycles. The lowest BCUT2D eigenvalue weighted by Gasteiger charge is -2.12. The molecule has 7 heteroatoms. The molecule has 3 aromatic rings. The van der Waals surface area contributed by atoms with Crippen LogP contribution in [0.3, 0.4) is 0 Å². The summed E-state index contributed by atoms with van der Waals surface area (Å²) in [5.74, 6) is 0. The highest BCUT2D eigenvalue weighted by Gasteiger charge is 2.18. The number of rotatable bonds is 10. The van der Waals surface area contributed by atoms with Crippen molar-refractivity contribution in [2.75, 3.05) is 12.0 Å². The van der Waals surface area contributed by atoms with Gasteiger partial charge in [0.2, 0.25) is 0 Å². The molecule has 3 heterocycles. The second-order valence-electron chi connectivity index (χ2n) is 7.38. The van der Waals surface area contributed by atoms with Crippen LogP contribution in [0.4, 0.5) is 10.1 Å². The second kappa shape index (κ2) is 9.57. The second-order valence-corrected chi connectivity index (χ2v) is 8.42. The molecule has 0 saturated carbocycles. The molecule has 3 aromatic heterocycles. The summed E-state index contributed by atoms with van der Waals surface area (Å²) in [5.41, 5.74) is 12.2. The number of thiophene rings is 1. The van der Waals surface area contributed by atoms with Crippen LogP contribution in [0, 0.1) is 13.8 Å². The molecule has 0 saturated heterocycles. The summed E-state index contributed by atoms with van der Waals surface area (Å²) in [6.45, 7) is 4.58. The van der Waals surface area contributed by atoms with Crippen LogP contribution in [0.2, 0.25) is 0 Å². The topological polar surface area (TPSA) is 55.3 Å². The highest BCUT2D eigenvalue weighted by atomic mass is 32.1. The number of nitrogens with one attached hydrogen (secondary N) is 1. The van der Waals surface area contributed by atoms with E-state index >= 15 is 0 Å². The summed E-state index contributed by atoms with van der Waals surface area (Å²) in [6.07, 6.45) is 4.03. The number of nitrogens with two attached hydrogens (primary N) is 1. The molecular formula is C21H28BFN4S. The average Bonchev–Trinajstić information content (AvgIpc) is 3.26. The molecule has 0 unspecified atom stereocenters. The van der Waals surface area contributed by atoms with Crippen LogP contribution in [0.25, 0.3) is 5.52 Å². The molecule has 0 aliphatic rings. The molecule has 0 bridgehead atoms. The molecule has 0 amide bonds. The van der Waals surface area contributed by atoms with Gasteiger partial charge in [-0.05, 0) is 67.3 Å². The zero-order valence-electron chi connectivity index (χ0n) is 16.7. The minimum atomic E-state index is -0.252. The van der Waals surface area contributed by atoms with Crippen molar-refractivity contribution in [2.45, 2.75) is 58.5 Å². The van der Waals surface area contributed by atoms with Gasteiger partial charge in [0.1, 0.15) is 7.85 Å². The number of anilines is 1. The van der Waals surface area contributed by atoms with E-state index in [4.69, 9.17) is 13.6 Å². The number of hydrogen-bond acceptors (Lipinski definition) is 4. The summed E-state index contributed by atoms with van der Waals surface area (Å²) in [5, 5.41) is 10.3. The fourth-order valence-corrected chi connectivity index (χ4v) is 4.30. The smallest absolute Gasteiger partial charge is 0.142 e. The van der Waals surface area contributed by atoms with Gasteiger partial charge < -0.3 is 11.1 Å². The van der Waals surface area contributed by atoms with Crippen LogP contribution in [-0.2, 0) is 13.0 Å². The maximum atomic E-state index is 12.2. The van der Waals surface area contributed by atoms with Gasteiger partial charge in [0.25, 0.3) is 0 Å². The molecule has 4 nitrogen and oxygen atoms in total. The fraction of sp³-hybridized carbons (Fsp3) is 0.476. The monoisotopic (exact) mass is 398 g/mol. The zero-order valence-corrected chi connectivity index (χ0v) is 17.5. The van der Waals surface area contributed by atoms with Crippen molar-refractivity contribution in [1.82, 2.24) is 9.61 Å². The van der Waals surface area contributed by atoms with E-state index in [-0.39, 0.29) is 12.7 Å². The number of alkyl halides is 1. The molecule has 3 rings (SSSR count). The quantitative estimate of drug-likeness (QED) is 0.403. The summed E-state index contributed by atoms with van der Waals surface area (Å²) in [4.78, 5) is 1.28. The Kier molecular flexibility index (Phi) is 7.13. The Balaban J connectivity index is 1.83. The molecule has 3 N–H and O–H groups in total. The number of hydrogen-bond donors (Lipinski definition) is 2. The van der Waals surface area contributed by atoms with Crippen LogP contribution in [0.1, 0.15) is 47.4 Å². The molecule has 0 aromatic carbocycles. The van der Waals surface area contributed by atoms with Gasteiger partial charge >= 0.3 is 0 Å². The lowest BCUT2D eigenvalue weighted by atomic mass is 9.91. The van der Waals surface area contributed by atoms with Crippen LogP contribution in [0.15, 0.2) is 23.6 Å². The highest BCUT2D eigenvalue weighted by molar-refractivity contribution is 7.09. The number of aromatic nitrogens is 2. The van der Waals surface area contributed by atoms with Gasteiger partial charge in [0, 0.05) is 17.5 Å². The van der Waals surface area contributed by atoms with Gasteiger partial charge in [-0.3, -0.25) is 4.39 Å². The predicted octanol–water partition coefficient (Wildman–Crippen LogP) is 3.82. The van der Waals surface area contributed by atoms with Crippen LogP contribution >= 0.6 is 11.3 Å². The number of halogens is 1. The summed E-state index contributed by atoms with van der Waals surface area (Å²) < 4.78 is 14.1. The molecule has 28 heavy (non-hydrogen) atoms. The Morgan fingerprint density at radius 3 is 2.86 bits per heavy atom. The van der Waals surface area contributed by atoms with Crippen LogP contribution in [-0.4, -0.2) is 30.2 Å². The molecule has 0 spiro atoms. The lowest BCUT2D eigenvalue weighted by Crippen LogP contribution is -2.27. The van der Waals surface area contributed by atoms with E-state index in [1.165, 1.54) is 4.88 Å². The van der Waals surface area contributed by atoms with E-state index in [1.54, 1.807) is 11.3 Å². The molecule has 2 radical (unpaired) electrons. The highest BCUT2D eigenvalue weighted by Crippen LogP contribution is 2.26. The number of aryl methyl sites for hydroxylation is 2. The van der Waals surface area contributed by atoms with Gasteiger partial charge in [-0.25, -0.2) is 4.52 Å². The summed E-state index contributed by atoms with van der Waals surface area (Å²) >= 11 is 1.73. The van der Waals surface area contributed by atoms with E-state index in [9.17, 15) is 4.39 Å². The third kappa shape index (κ3) is 4.76. The van der Waals surface area contributed by atoms with Gasteiger partial charge in [-0.2, -0.15) is 5.10 Å². The van der Waals surface area contributed by atoms with Crippen molar-refractivity contribution in [3.63, 3.8) is 0 Å². The average molecular weight is 398 g/mol. The first-order valence-corrected chi connectivity index (χ1v) is 10.7. The fourth-order valence-electron chi connectivity index (χ4n) is 3.66. The van der Waals surface area contributed by atoms with Crippen molar-refractivity contribution in [3.05, 3.63) is 45.3 Å². The normalized spacial score (nSPS) is 12.6. The predicted molar refractivity (Wildman–Crippen MR) is 118 cm³/mol. The van der Waals surface area contributed by atoms with Crippen molar-refractivity contribution in [3.8, 4) is 0 Å². The van der Waals surface area contributed by atoms with E-state index in [0.29, 0.717) is 18.4 Å². The first-order chi connectivity index (χ1) is 13.5. The SMILES string of the molecule is [B]c1c(C[C@@H](N)CCCCCF)c(C)c2c(NCc3cccs3)cc(C)nn12. The maximum Gasteiger partial charge on any atom is 0.142 e. The van der Waals surface area contributed by atoms with Crippen molar-refractivity contribution < 1.29 is 4.39 Å². The lowest BCUT2D eigenvalue weighted by molar-refractivity contribution is 0.445. The Labute approximate surface area is 171 Å². The third-order valence-electron chi connectivity index (χ3n) is 5.13. The number of unbranched alkanes of at least 4 members (excludes halogenated alkanes) is 2. The standard InChI is InChI=1S/C21H28BFN4S/c1-14-11-19(25-13-17-8-6-10-28-17)20-15(2)18(21(22)27(20)26-14)12-16(24)7-4-3-5-9-23/h6,8,10-11,16,25H,3-5,7,9,12-13,24H2,1-2H3/t16-/m0/s1. The minimum Gasteiger partial charge on any atom is -0.378 e. The Morgan fingerprint density at radius 1 is 1.32 bits per heavy atom. The van der Waals surface area contributed by atoms with Crippen LogP contribution in [0.5, 0.6) is 0 Å². The Hall–Kier alpha value is -1.86. The largest absolute Gasteiger partial charge is 0.378 e. The zero-order chi connectivity index (χ0) is 20.1. The van der Waals surface area contributed by atoms with Gasteiger partial charge in [0.05, 0.1) is 23.6 Å². The number of nitrogens with zero attached hydrogens (tertiary/aromatic N) is 2. The van der Waals surface area contributed by atoms with Gasteiger partial charge in [0.15, 0.2) is 0 Å². The first kappa shape index (κ1) is 20.9. The minimum absolute atomic E-state index is 0.0154. The summed E-state index contributed by atoms with van der Waals surface area (Å²) in [7, 11) is 6.46. The molecule has 0 fully saturated rings. The molecule has 0 aliphatic heterocycles. The van der Waals surface area contributed by atoms with Gasteiger partial charge in [-0.15, -0.1) is 11.3 Å².